The molecule has 1 heterocycles. The van der Waals surface area contributed by atoms with Gasteiger partial charge in [-0.2, -0.15) is 0 Å². The average molecular weight is 371 g/mol. The predicted octanol–water partition coefficient (Wildman–Crippen LogP) is 3.10. The third kappa shape index (κ3) is 3.92. The van der Waals surface area contributed by atoms with Crippen molar-refractivity contribution < 1.29 is 28.2 Å². The summed E-state index contributed by atoms with van der Waals surface area (Å²) < 4.78 is 23.7. The number of esters is 1. The van der Waals surface area contributed by atoms with Gasteiger partial charge in [0.25, 0.3) is 5.91 Å². The molecule has 0 saturated carbocycles. The molecule has 140 valence electrons. The van der Waals surface area contributed by atoms with E-state index in [1.165, 1.54) is 37.4 Å². The Labute approximate surface area is 154 Å². The van der Waals surface area contributed by atoms with E-state index in [1.54, 1.807) is 19.1 Å². The van der Waals surface area contributed by atoms with Gasteiger partial charge in [0.15, 0.2) is 5.76 Å². The van der Waals surface area contributed by atoms with Crippen LogP contribution in [0.1, 0.15) is 21.7 Å². The summed E-state index contributed by atoms with van der Waals surface area (Å²) in [7, 11) is 1.23. The summed E-state index contributed by atoms with van der Waals surface area (Å²) in [6.45, 7) is 1.65. The number of hydrogen-bond acceptors (Lipinski definition) is 5. The Morgan fingerprint density at radius 1 is 1.22 bits per heavy atom. The summed E-state index contributed by atoms with van der Waals surface area (Å²) in [5, 5.41) is 12.5. The van der Waals surface area contributed by atoms with Crippen molar-refractivity contribution in [3.8, 4) is 5.75 Å². The fourth-order valence-corrected chi connectivity index (χ4v) is 2.84. The van der Waals surface area contributed by atoms with Gasteiger partial charge in [-0.15, -0.1) is 0 Å². The number of rotatable bonds is 5. The van der Waals surface area contributed by atoms with E-state index >= 15 is 0 Å². The molecule has 0 saturated heterocycles. The third-order valence-electron chi connectivity index (χ3n) is 4.27. The second-order valence-corrected chi connectivity index (χ2v) is 6.12. The number of ether oxygens (including phenoxy) is 1. The first-order valence-electron chi connectivity index (χ1n) is 8.24. The number of fused-ring (bicyclic) bond motifs is 1. The number of benzene rings is 2. The highest BCUT2D eigenvalue weighted by atomic mass is 19.1. The molecule has 1 atom stereocenters. The van der Waals surface area contributed by atoms with Crippen molar-refractivity contribution >= 4 is 22.8 Å². The molecule has 0 spiro atoms. The normalized spacial score (nSPS) is 12.0. The Kier molecular flexibility index (Phi) is 5.12. The Morgan fingerprint density at radius 3 is 2.59 bits per heavy atom. The Balaban J connectivity index is 1.85. The number of phenolic OH excluding ortho intramolecular Hbond substituents is 1. The second-order valence-electron chi connectivity index (χ2n) is 6.12. The fourth-order valence-electron chi connectivity index (χ4n) is 2.84. The standard InChI is InChI=1S/C20H18FNO5/c1-11-15-10-13(21)5-8-17(15)27-18(11)19(24)22-16(20(25)26-2)9-12-3-6-14(23)7-4-12/h3-8,10,16,23H,9H2,1-2H3,(H,22,24)/t16-/m1/s1. The summed E-state index contributed by atoms with van der Waals surface area (Å²) in [6, 6.07) is 9.31. The predicted molar refractivity (Wildman–Crippen MR) is 96.0 cm³/mol. The zero-order valence-corrected chi connectivity index (χ0v) is 14.8. The number of carbonyl (C=O) groups is 2. The lowest BCUT2D eigenvalue weighted by atomic mass is 10.1. The molecule has 3 aromatic rings. The van der Waals surface area contributed by atoms with Gasteiger partial charge in [0, 0.05) is 17.4 Å². The largest absolute Gasteiger partial charge is 0.508 e. The molecule has 7 heteroatoms. The minimum atomic E-state index is -0.948. The first-order chi connectivity index (χ1) is 12.9. The van der Waals surface area contributed by atoms with Crippen LogP contribution in [0.3, 0.4) is 0 Å². The van der Waals surface area contributed by atoms with Crippen molar-refractivity contribution in [1.29, 1.82) is 0 Å². The molecule has 27 heavy (non-hydrogen) atoms. The average Bonchev–Trinajstić information content (AvgIpc) is 2.98. The number of hydrogen-bond donors (Lipinski definition) is 2. The first kappa shape index (κ1) is 18.4. The molecule has 2 aromatic carbocycles. The van der Waals surface area contributed by atoms with E-state index in [0.717, 1.165) is 5.56 Å². The molecule has 0 bridgehead atoms. The molecule has 1 aromatic heterocycles. The summed E-state index contributed by atoms with van der Waals surface area (Å²) in [5.74, 6) is -1.54. The second kappa shape index (κ2) is 7.49. The highest BCUT2D eigenvalue weighted by molar-refractivity contribution is 6.00. The van der Waals surface area contributed by atoms with Crippen molar-refractivity contribution in [3.05, 3.63) is 65.2 Å². The maximum atomic E-state index is 13.4. The quantitative estimate of drug-likeness (QED) is 0.673. The van der Waals surface area contributed by atoms with Gasteiger partial charge in [-0.1, -0.05) is 12.1 Å². The lowest BCUT2D eigenvalue weighted by molar-refractivity contribution is -0.142. The maximum absolute atomic E-state index is 13.4. The summed E-state index contributed by atoms with van der Waals surface area (Å²) in [5.41, 5.74) is 1.59. The van der Waals surface area contributed by atoms with Gasteiger partial charge < -0.3 is 19.6 Å². The number of phenols is 1. The SMILES string of the molecule is COC(=O)[C@@H](Cc1ccc(O)cc1)NC(=O)c1oc2ccc(F)cc2c1C. The molecule has 2 N–H and O–H groups in total. The van der Waals surface area contributed by atoms with E-state index in [2.05, 4.69) is 5.32 Å². The monoisotopic (exact) mass is 371 g/mol. The van der Waals surface area contributed by atoms with Crippen molar-refractivity contribution in [2.75, 3.05) is 7.11 Å². The van der Waals surface area contributed by atoms with Crippen molar-refractivity contribution in [1.82, 2.24) is 5.32 Å². The molecule has 1 amide bonds. The molecule has 0 unspecified atom stereocenters. The van der Waals surface area contributed by atoms with E-state index < -0.39 is 23.7 Å². The van der Waals surface area contributed by atoms with Gasteiger partial charge in [0.05, 0.1) is 7.11 Å². The van der Waals surface area contributed by atoms with Gasteiger partial charge in [-0.3, -0.25) is 4.79 Å². The smallest absolute Gasteiger partial charge is 0.328 e. The number of carbonyl (C=O) groups excluding carboxylic acids is 2. The molecule has 0 aliphatic rings. The van der Waals surface area contributed by atoms with Crippen molar-refractivity contribution in [2.45, 2.75) is 19.4 Å². The number of nitrogens with one attached hydrogen (secondary N) is 1. The number of aromatic hydroxyl groups is 1. The van der Waals surface area contributed by atoms with Crippen LogP contribution in [0.25, 0.3) is 11.0 Å². The molecule has 0 aliphatic carbocycles. The topological polar surface area (TPSA) is 88.8 Å². The Bertz CT molecular complexity index is 994. The minimum absolute atomic E-state index is 0.00945. The van der Waals surface area contributed by atoms with Crippen LogP contribution in [-0.4, -0.2) is 30.1 Å². The minimum Gasteiger partial charge on any atom is -0.508 e. The van der Waals surface area contributed by atoms with E-state index in [0.29, 0.717) is 16.5 Å². The highest BCUT2D eigenvalue weighted by Crippen LogP contribution is 2.26. The van der Waals surface area contributed by atoms with Crippen LogP contribution in [0.5, 0.6) is 5.75 Å². The molecule has 0 aliphatic heterocycles. The first-order valence-corrected chi connectivity index (χ1v) is 8.24. The van der Waals surface area contributed by atoms with E-state index in [1.807, 2.05) is 0 Å². The molecular formula is C20H18FNO5. The summed E-state index contributed by atoms with van der Waals surface area (Å²) in [6.07, 6.45) is 0.173. The maximum Gasteiger partial charge on any atom is 0.328 e. The van der Waals surface area contributed by atoms with Crippen LogP contribution in [0, 0.1) is 12.7 Å². The van der Waals surface area contributed by atoms with E-state index in [-0.39, 0.29) is 17.9 Å². The zero-order chi connectivity index (χ0) is 19.6. The molecule has 0 fully saturated rings. The number of methoxy groups -OCH3 is 1. The number of furan rings is 1. The number of halogens is 1. The van der Waals surface area contributed by atoms with Gasteiger partial charge in [0.1, 0.15) is 23.2 Å². The molecule has 6 nitrogen and oxygen atoms in total. The lowest BCUT2D eigenvalue weighted by Gasteiger charge is -2.16. The van der Waals surface area contributed by atoms with Crippen LogP contribution >= 0.6 is 0 Å². The van der Waals surface area contributed by atoms with Crippen LogP contribution in [0.4, 0.5) is 4.39 Å². The molecule has 0 radical (unpaired) electrons. The van der Waals surface area contributed by atoms with Gasteiger partial charge in [-0.05, 0) is 42.8 Å². The Hall–Kier alpha value is -3.35. The summed E-state index contributed by atoms with van der Waals surface area (Å²) in [4.78, 5) is 24.7. The molecule has 3 rings (SSSR count). The Morgan fingerprint density at radius 2 is 1.93 bits per heavy atom. The summed E-state index contributed by atoms with van der Waals surface area (Å²) >= 11 is 0. The van der Waals surface area contributed by atoms with E-state index in [9.17, 15) is 19.1 Å². The van der Waals surface area contributed by atoms with E-state index in [4.69, 9.17) is 9.15 Å². The zero-order valence-electron chi connectivity index (χ0n) is 14.8. The van der Waals surface area contributed by atoms with Gasteiger partial charge >= 0.3 is 5.97 Å². The third-order valence-corrected chi connectivity index (χ3v) is 4.27. The van der Waals surface area contributed by atoms with Crippen LogP contribution in [0.2, 0.25) is 0 Å². The van der Waals surface area contributed by atoms with Crippen LogP contribution in [0.15, 0.2) is 46.9 Å². The van der Waals surface area contributed by atoms with Crippen molar-refractivity contribution in [2.24, 2.45) is 0 Å². The van der Waals surface area contributed by atoms with Crippen molar-refractivity contribution in [3.63, 3.8) is 0 Å². The number of aryl methyl sites for hydroxylation is 1. The molecular weight excluding hydrogens is 353 g/mol. The van der Waals surface area contributed by atoms with Gasteiger partial charge in [0.2, 0.25) is 0 Å². The van der Waals surface area contributed by atoms with Gasteiger partial charge in [-0.25, -0.2) is 9.18 Å². The van der Waals surface area contributed by atoms with Crippen LogP contribution in [-0.2, 0) is 16.0 Å². The number of amides is 1. The lowest BCUT2D eigenvalue weighted by Crippen LogP contribution is -2.43. The highest BCUT2D eigenvalue weighted by Gasteiger charge is 2.26. The van der Waals surface area contributed by atoms with Crippen LogP contribution < -0.4 is 5.32 Å². The fraction of sp³-hybridized carbons (Fsp3) is 0.200.